The van der Waals surface area contributed by atoms with E-state index in [-0.39, 0.29) is 11.8 Å². The van der Waals surface area contributed by atoms with Gasteiger partial charge in [0.2, 0.25) is 5.91 Å². The largest absolute Gasteiger partial charge is 0.337 e. The van der Waals surface area contributed by atoms with Crippen molar-refractivity contribution in [1.29, 1.82) is 0 Å². The molecule has 4 nitrogen and oxygen atoms in total. The molecule has 0 radical (unpaired) electrons. The minimum Gasteiger partial charge on any atom is -0.337 e. The molecule has 2 saturated heterocycles. The lowest BCUT2D eigenvalue weighted by Gasteiger charge is -2.48. The van der Waals surface area contributed by atoms with Gasteiger partial charge in [0.05, 0.1) is 5.92 Å². The van der Waals surface area contributed by atoms with Gasteiger partial charge in [-0.05, 0) is 32.7 Å². The molecule has 2 aliphatic heterocycles. The molecule has 2 heterocycles. The van der Waals surface area contributed by atoms with Crippen molar-refractivity contribution in [2.45, 2.75) is 51.6 Å². The zero-order chi connectivity index (χ0) is 13.1. The third kappa shape index (κ3) is 2.69. The lowest BCUT2D eigenvalue weighted by molar-refractivity contribution is -0.142. The average molecular weight is 253 g/mol. The van der Waals surface area contributed by atoms with Crippen LogP contribution in [0.2, 0.25) is 0 Å². The second-order valence-electron chi connectivity index (χ2n) is 5.83. The number of piperazine rings is 1. The maximum atomic E-state index is 12.5. The van der Waals surface area contributed by atoms with Crippen LogP contribution in [-0.4, -0.2) is 54.0 Å². The number of fused-ring (bicyclic) bond motifs is 1. The van der Waals surface area contributed by atoms with Gasteiger partial charge in [-0.1, -0.05) is 13.3 Å². The molecule has 3 atom stereocenters. The van der Waals surface area contributed by atoms with E-state index in [4.69, 9.17) is 5.73 Å². The van der Waals surface area contributed by atoms with Crippen LogP contribution in [0, 0.1) is 5.92 Å². The van der Waals surface area contributed by atoms with E-state index in [9.17, 15) is 4.79 Å². The zero-order valence-corrected chi connectivity index (χ0v) is 11.8. The number of nitrogens with zero attached hydrogens (tertiary/aromatic N) is 2. The Bertz CT molecular complexity index is 291. The Morgan fingerprint density at radius 2 is 2.17 bits per heavy atom. The number of hydrogen-bond acceptors (Lipinski definition) is 3. The molecule has 18 heavy (non-hydrogen) atoms. The summed E-state index contributed by atoms with van der Waals surface area (Å²) in [6, 6.07) is 0.932. The van der Waals surface area contributed by atoms with Crippen molar-refractivity contribution in [3.8, 4) is 0 Å². The second-order valence-corrected chi connectivity index (χ2v) is 5.83. The first-order chi connectivity index (χ1) is 8.67. The summed E-state index contributed by atoms with van der Waals surface area (Å²) in [4.78, 5) is 17.1. The zero-order valence-electron chi connectivity index (χ0n) is 11.8. The molecule has 0 aromatic carbocycles. The maximum Gasteiger partial charge on any atom is 0.227 e. The SMILES string of the molecule is CCC(CN)C(=O)N1CC2CCCCN2CC1C. The van der Waals surface area contributed by atoms with Crippen molar-refractivity contribution in [1.82, 2.24) is 9.80 Å². The van der Waals surface area contributed by atoms with E-state index < -0.39 is 0 Å². The van der Waals surface area contributed by atoms with Crippen LogP contribution in [0.3, 0.4) is 0 Å². The first-order valence-electron chi connectivity index (χ1n) is 7.42. The molecule has 0 aliphatic carbocycles. The van der Waals surface area contributed by atoms with Crippen molar-refractivity contribution in [3.63, 3.8) is 0 Å². The van der Waals surface area contributed by atoms with Gasteiger partial charge in [0.1, 0.15) is 0 Å². The highest BCUT2D eigenvalue weighted by Crippen LogP contribution is 2.25. The number of nitrogens with two attached hydrogens (primary N) is 1. The molecule has 3 unspecified atom stereocenters. The standard InChI is InChI=1S/C14H27N3O/c1-3-12(8-15)14(18)17-10-13-6-4-5-7-16(13)9-11(17)2/h11-13H,3-10,15H2,1-2H3. The van der Waals surface area contributed by atoms with Crippen LogP contribution in [0.15, 0.2) is 0 Å². The number of carbonyl (C=O) groups excluding carboxylic acids is 1. The summed E-state index contributed by atoms with van der Waals surface area (Å²) >= 11 is 0. The Labute approximate surface area is 110 Å². The molecule has 0 aromatic rings. The predicted octanol–water partition coefficient (Wildman–Crippen LogP) is 1.06. The van der Waals surface area contributed by atoms with E-state index in [0.29, 0.717) is 18.6 Å². The topological polar surface area (TPSA) is 49.6 Å². The molecule has 2 rings (SSSR count). The fourth-order valence-corrected chi connectivity index (χ4v) is 3.34. The van der Waals surface area contributed by atoms with Crippen molar-refractivity contribution in [2.75, 3.05) is 26.2 Å². The molecule has 104 valence electrons. The summed E-state index contributed by atoms with van der Waals surface area (Å²) in [7, 11) is 0. The van der Waals surface area contributed by atoms with Crippen molar-refractivity contribution in [3.05, 3.63) is 0 Å². The minimum absolute atomic E-state index is 0.0163. The quantitative estimate of drug-likeness (QED) is 0.818. The summed E-state index contributed by atoms with van der Waals surface area (Å²) < 4.78 is 0. The normalized spacial score (nSPS) is 30.9. The first-order valence-corrected chi connectivity index (χ1v) is 7.42. The molecule has 2 aliphatic rings. The number of hydrogen-bond donors (Lipinski definition) is 1. The van der Waals surface area contributed by atoms with Crippen LogP contribution in [0.25, 0.3) is 0 Å². The van der Waals surface area contributed by atoms with Crippen molar-refractivity contribution < 1.29 is 4.79 Å². The van der Waals surface area contributed by atoms with Gasteiger partial charge in [-0.2, -0.15) is 0 Å². The molecule has 0 bridgehead atoms. The molecule has 0 spiro atoms. The van der Waals surface area contributed by atoms with Crippen LogP contribution in [0.4, 0.5) is 0 Å². The third-order valence-electron chi connectivity index (χ3n) is 4.60. The molecule has 2 fully saturated rings. The molecule has 2 N–H and O–H groups in total. The number of piperidine rings is 1. The first kappa shape index (κ1) is 13.8. The van der Waals surface area contributed by atoms with E-state index in [0.717, 1.165) is 19.5 Å². The highest BCUT2D eigenvalue weighted by molar-refractivity contribution is 5.79. The lowest BCUT2D eigenvalue weighted by Crippen LogP contribution is -2.61. The van der Waals surface area contributed by atoms with Gasteiger partial charge in [-0.15, -0.1) is 0 Å². The van der Waals surface area contributed by atoms with Gasteiger partial charge >= 0.3 is 0 Å². The summed E-state index contributed by atoms with van der Waals surface area (Å²) in [5.41, 5.74) is 5.71. The Balaban J connectivity index is 2.02. The van der Waals surface area contributed by atoms with E-state index in [1.165, 1.54) is 25.8 Å². The van der Waals surface area contributed by atoms with Crippen molar-refractivity contribution >= 4 is 5.91 Å². The van der Waals surface area contributed by atoms with E-state index in [2.05, 4.69) is 23.6 Å². The average Bonchev–Trinajstić information content (AvgIpc) is 2.39. The van der Waals surface area contributed by atoms with Crippen LogP contribution >= 0.6 is 0 Å². The molecule has 0 saturated carbocycles. The fourth-order valence-electron chi connectivity index (χ4n) is 3.34. The molecule has 1 amide bonds. The number of carbonyl (C=O) groups is 1. The number of rotatable bonds is 3. The van der Waals surface area contributed by atoms with Gasteiger partial charge in [0.15, 0.2) is 0 Å². The third-order valence-corrected chi connectivity index (χ3v) is 4.60. The Kier molecular flexibility index (Phi) is 4.62. The van der Waals surface area contributed by atoms with Gasteiger partial charge < -0.3 is 10.6 Å². The maximum absolute atomic E-state index is 12.5. The monoisotopic (exact) mass is 253 g/mol. The van der Waals surface area contributed by atoms with Crippen LogP contribution in [0.5, 0.6) is 0 Å². The Morgan fingerprint density at radius 3 is 2.83 bits per heavy atom. The summed E-state index contributed by atoms with van der Waals surface area (Å²) in [6.45, 7) is 7.87. The van der Waals surface area contributed by atoms with Gasteiger partial charge in [-0.3, -0.25) is 9.69 Å². The summed E-state index contributed by atoms with van der Waals surface area (Å²) in [6.07, 6.45) is 4.73. The van der Waals surface area contributed by atoms with Gasteiger partial charge in [0.25, 0.3) is 0 Å². The van der Waals surface area contributed by atoms with E-state index in [1.807, 2.05) is 0 Å². The van der Waals surface area contributed by atoms with E-state index >= 15 is 0 Å². The van der Waals surface area contributed by atoms with Crippen molar-refractivity contribution in [2.24, 2.45) is 11.7 Å². The highest BCUT2D eigenvalue weighted by Gasteiger charge is 2.36. The van der Waals surface area contributed by atoms with Crippen LogP contribution in [-0.2, 0) is 4.79 Å². The molecular weight excluding hydrogens is 226 g/mol. The lowest BCUT2D eigenvalue weighted by atomic mass is 9.95. The summed E-state index contributed by atoms with van der Waals surface area (Å²) in [5.74, 6) is 0.292. The minimum atomic E-state index is 0.0163. The molecule has 0 aromatic heterocycles. The Morgan fingerprint density at radius 1 is 1.39 bits per heavy atom. The second kappa shape index (κ2) is 6.02. The van der Waals surface area contributed by atoms with Gasteiger partial charge in [-0.25, -0.2) is 0 Å². The predicted molar refractivity (Wildman–Crippen MR) is 73.2 cm³/mol. The molecular formula is C14H27N3O. The van der Waals surface area contributed by atoms with E-state index in [1.54, 1.807) is 0 Å². The smallest absolute Gasteiger partial charge is 0.227 e. The Hall–Kier alpha value is -0.610. The molecule has 4 heteroatoms. The summed E-state index contributed by atoms with van der Waals surface area (Å²) in [5, 5.41) is 0. The fraction of sp³-hybridized carbons (Fsp3) is 0.929. The number of amides is 1. The highest BCUT2D eigenvalue weighted by atomic mass is 16.2. The van der Waals surface area contributed by atoms with Crippen LogP contribution in [0.1, 0.15) is 39.5 Å². The van der Waals surface area contributed by atoms with Gasteiger partial charge in [0, 0.05) is 31.7 Å². The van der Waals surface area contributed by atoms with Crippen LogP contribution < -0.4 is 5.73 Å².